The van der Waals surface area contributed by atoms with Crippen LogP contribution in [0.15, 0.2) is 11.2 Å². The topological polar surface area (TPSA) is 69.6 Å². The molecule has 1 rings (SSSR count). The molecule has 0 aliphatic carbocycles. The molecule has 1 aromatic heterocycles. The SMILES string of the molecule is CCNC(=NCC(=O)N(C)CC(F)(F)F)NCCc1ncc(CC)s1.I. The molecule has 11 heteroatoms. The maximum Gasteiger partial charge on any atom is 0.406 e. The van der Waals surface area contributed by atoms with Crippen LogP contribution in [0.1, 0.15) is 23.7 Å². The molecule has 1 aromatic rings. The van der Waals surface area contributed by atoms with Crippen molar-refractivity contribution in [2.24, 2.45) is 4.99 Å². The summed E-state index contributed by atoms with van der Waals surface area (Å²) in [6.07, 6.45) is -0.907. The van der Waals surface area contributed by atoms with Gasteiger partial charge < -0.3 is 15.5 Å². The van der Waals surface area contributed by atoms with Gasteiger partial charge in [-0.25, -0.2) is 9.98 Å². The molecule has 1 amide bonds. The number of thiazole rings is 1. The number of likely N-dealkylation sites (N-methyl/N-ethyl adjacent to an activating group) is 1. The molecule has 0 saturated carbocycles. The third kappa shape index (κ3) is 10.1. The van der Waals surface area contributed by atoms with E-state index in [9.17, 15) is 18.0 Å². The Balaban J connectivity index is 0.00000625. The Labute approximate surface area is 172 Å². The molecule has 2 N–H and O–H groups in total. The number of carbonyl (C=O) groups excluding carboxylic acids is 1. The van der Waals surface area contributed by atoms with E-state index in [-0.39, 0.29) is 30.5 Å². The van der Waals surface area contributed by atoms with E-state index in [1.165, 1.54) is 4.88 Å². The zero-order valence-corrected chi connectivity index (χ0v) is 18.2. The molecule has 0 bridgehead atoms. The van der Waals surface area contributed by atoms with Crippen LogP contribution in [0.4, 0.5) is 13.2 Å². The summed E-state index contributed by atoms with van der Waals surface area (Å²) in [4.78, 5) is 21.9. The lowest BCUT2D eigenvalue weighted by atomic mass is 10.4. The van der Waals surface area contributed by atoms with E-state index in [4.69, 9.17) is 0 Å². The number of aliphatic imine (C=N–C) groups is 1. The molecule has 0 aliphatic rings. The number of carbonyl (C=O) groups is 1. The number of rotatable bonds is 8. The summed E-state index contributed by atoms with van der Waals surface area (Å²) in [6.45, 7) is 3.44. The van der Waals surface area contributed by atoms with E-state index in [2.05, 4.69) is 27.5 Å². The Bertz CT molecular complexity index is 580. The summed E-state index contributed by atoms with van der Waals surface area (Å²) >= 11 is 1.65. The fourth-order valence-electron chi connectivity index (χ4n) is 1.88. The number of aromatic nitrogens is 1. The number of amides is 1. The van der Waals surface area contributed by atoms with Crippen molar-refractivity contribution in [3.05, 3.63) is 16.1 Å². The first-order chi connectivity index (χ1) is 11.7. The van der Waals surface area contributed by atoms with Crippen LogP contribution in [0.3, 0.4) is 0 Å². The molecular weight excluding hydrogens is 482 g/mol. The number of guanidine groups is 1. The molecular formula is C15H25F3IN5OS. The second-order valence-corrected chi connectivity index (χ2v) is 6.51. The lowest BCUT2D eigenvalue weighted by molar-refractivity contribution is -0.157. The highest BCUT2D eigenvalue weighted by molar-refractivity contribution is 14.0. The van der Waals surface area contributed by atoms with Crippen molar-refractivity contribution in [2.45, 2.75) is 32.9 Å². The van der Waals surface area contributed by atoms with Crippen LogP contribution in [-0.4, -0.2) is 61.2 Å². The molecule has 150 valence electrons. The van der Waals surface area contributed by atoms with Gasteiger partial charge >= 0.3 is 6.18 Å². The fraction of sp³-hybridized carbons (Fsp3) is 0.667. The van der Waals surface area contributed by atoms with Crippen LogP contribution in [0.2, 0.25) is 0 Å². The van der Waals surface area contributed by atoms with Gasteiger partial charge in [0, 0.05) is 37.6 Å². The first-order valence-corrected chi connectivity index (χ1v) is 8.83. The van der Waals surface area contributed by atoms with Gasteiger partial charge in [0.15, 0.2) is 5.96 Å². The van der Waals surface area contributed by atoms with E-state index in [1.807, 2.05) is 13.1 Å². The molecule has 1 heterocycles. The van der Waals surface area contributed by atoms with Crippen LogP contribution in [0.5, 0.6) is 0 Å². The molecule has 0 fully saturated rings. The summed E-state index contributed by atoms with van der Waals surface area (Å²) in [5, 5.41) is 7.01. The van der Waals surface area contributed by atoms with Gasteiger partial charge in [0.25, 0.3) is 0 Å². The Morgan fingerprint density at radius 1 is 1.35 bits per heavy atom. The molecule has 0 spiro atoms. The number of aryl methyl sites for hydroxylation is 1. The summed E-state index contributed by atoms with van der Waals surface area (Å²) in [6, 6.07) is 0. The highest BCUT2D eigenvalue weighted by atomic mass is 127. The minimum Gasteiger partial charge on any atom is -0.357 e. The normalized spacial score (nSPS) is 11.7. The number of hydrogen-bond donors (Lipinski definition) is 2. The minimum atomic E-state index is -4.41. The van der Waals surface area contributed by atoms with Crippen molar-refractivity contribution in [1.82, 2.24) is 20.5 Å². The second kappa shape index (κ2) is 12.3. The zero-order valence-electron chi connectivity index (χ0n) is 15.0. The number of halogens is 4. The second-order valence-electron chi connectivity index (χ2n) is 5.31. The van der Waals surface area contributed by atoms with Crippen molar-refractivity contribution in [2.75, 3.05) is 33.2 Å². The van der Waals surface area contributed by atoms with Gasteiger partial charge in [-0.05, 0) is 13.3 Å². The summed E-state index contributed by atoms with van der Waals surface area (Å²) in [7, 11) is 1.11. The van der Waals surface area contributed by atoms with Crippen molar-refractivity contribution < 1.29 is 18.0 Å². The Morgan fingerprint density at radius 3 is 2.58 bits per heavy atom. The van der Waals surface area contributed by atoms with Crippen molar-refractivity contribution in [1.29, 1.82) is 0 Å². The monoisotopic (exact) mass is 507 g/mol. The van der Waals surface area contributed by atoms with Gasteiger partial charge in [-0.2, -0.15) is 13.2 Å². The van der Waals surface area contributed by atoms with Gasteiger partial charge in [-0.1, -0.05) is 6.92 Å². The van der Waals surface area contributed by atoms with Crippen molar-refractivity contribution >= 4 is 47.2 Å². The largest absolute Gasteiger partial charge is 0.406 e. The average Bonchev–Trinajstić information content (AvgIpc) is 2.98. The van der Waals surface area contributed by atoms with Crippen LogP contribution in [-0.2, 0) is 17.6 Å². The number of nitrogens with zero attached hydrogens (tertiary/aromatic N) is 3. The zero-order chi connectivity index (χ0) is 18.9. The first-order valence-electron chi connectivity index (χ1n) is 8.01. The molecule has 0 radical (unpaired) electrons. The highest BCUT2D eigenvalue weighted by Crippen LogP contribution is 2.15. The maximum absolute atomic E-state index is 12.3. The van der Waals surface area contributed by atoms with Gasteiger partial charge in [-0.3, -0.25) is 4.79 Å². The van der Waals surface area contributed by atoms with Crippen LogP contribution in [0.25, 0.3) is 0 Å². The lowest BCUT2D eigenvalue weighted by Gasteiger charge is -2.18. The maximum atomic E-state index is 12.3. The van der Waals surface area contributed by atoms with E-state index in [1.54, 1.807) is 11.3 Å². The molecule has 0 aromatic carbocycles. The molecule has 26 heavy (non-hydrogen) atoms. The van der Waals surface area contributed by atoms with Crippen LogP contribution < -0.4 is 10.6 Å². The van der Waals surface area contributed by atoms with Gasteiger partial charge in [0.05, 0.1) is 5.01 Å². The summed E-state index contributed by atoms with van der Waals surface area (Å²) in [5.41, 5.74) is 0. The Kier molecular flexibility index (Phi) is 11.8. The Morgan fingerprint density at radius 2 is 2.04 bits per heavy atom. The Hall–Kier alpha value is -1.11. The molecule has 0 saturated heterocycles. The van der Waals surface area contributed by atoms with E-state index < -0.39 is 18.6 Å². The highest BCUT2D eigenvalue weighted by Gasteiger charge is 2.30. The predicted molar refractivity (Wildman–Crippen MR) is 108 cm³/mol. The van der Waals surface area contributed by atoms with E-state index in [0.717, 1.165) is 18.5 Å². The van der Waals surface area contributed by atoms with Crippen molar-refractivity contribution in [3.63, 3.8) is 0 Å². The number of hydrogen-bond acceptors (Lipinski definition) is 4. The summed E-state index contributed by atoms with van der Waals surface area (Å²) in [5.74, 6) is -0.300. The van der Waals surface area contributed by atoms with Gasteiger partial charge in [0.2, 0.25) is 5.91 Å². The smallest absolute Gasteiger partial charge is 0.357 e. The molecule has 6 nitrogen and oxygen atoms in total. The molecule has 0 aliphatic heterocycles. The fourth-order valence-corrected chi connectivity index (χ4v) is 2.74. The van der Waals surface area contributed by atoms with E-state index in [0.29, 0.717) is 30.4 Å². The number of alkyl halides is 3. The third-order valence-electron chi connectivity index (χ3n) is 3.14. The predicted octanol–water partition coefficient (Wildman–Crippen LogP) is 2.44. The summed E-state index contributed by atoms with van der Waals surface area (Å²) < 4.78 is 36.8. The van der Waals surface area contributed by atoms with Gasteiger partial charge in [-0.15, -0.1) is 35.3 Å². The number of nitrogens with one attached hydrogen (secondary N) is 2. The molecule has 0 unspecified atom stereocenters. The minimum absolute atomic E-state index is 0. The van der Waals surface area contributed by atoms with Crippen LogP contribution >= 0.6 is 35.3 Å². The standard InChI is InChI=1S/C15H24F3N5OS.HI/c1-4-11-8-21-12(25-11)6-7-20-14(19-5-2)22-9-13(24)23(3)10-15(16,17)18;/h8H,4-7,9-10H2,1-3H3,(H2,19,20,22);1H. The quantitative estimate of drug-likeness (QED) is 0.322. The van der Waals surface area contributed by atoms with E-state index >= 15 is 0 Å². The third-order valence-corrected chi connectivity index (χ3v) is 4.34. The molecule has 0 atom stereocenters. The van der Waals surface area contributed by atoms with Gasteiger partial charge in [0.1, 0.15) is 13.1 Å². The lowest BCUT2D eigenvalue weighted by Crippen LogP contribution is -2.40. The van der Waals surface area contributed by atoms with Crippen LogP contribution in [0, 0.1) is 0 Å². The first kappa shape index (κ1) is 24.9. The van der Waals surface area contributed by atoms with Crippen molar-refractivity contribution in [3.8, 4) is 0 Å². The average molecular weight is 507 g/mol.